The van der Waals surface area contributed by atoms with Gasteiger partial charge in [0.15, 0.2) is 0 Å². The number of benzene rings is 1. The molecule has 20 heavy (non-hydrogen) atoms. The second kappa shape index (κ2) is 7.65. The molecule has 0 saturated carbocycles. The molecule has 0 aliphatic carbocycles. The van der Waals surface area contributed by atoms with Gasteiger partial charge in [0.2, 0.25) is 5.88 Å². The van der Waals surface area contributed by atoms with Crippen molar-refractivity contribution in [2.24, 2.45) is 0 Å². The predicted octanol–water partition coefficient (Wildman–Crippen LogP) is 3.54. The third-order valence-corrected chi connectivity index (χ3v) is 3.13. The molecule has 1 atom stereocenters. The highest BCUT2D eigenvalue weighted by molar-refractivity contribution is 5.18. The smallest absolute Gasteiger partial charge is 0.213 e. The van der Waals surface area contributed by atoms with Crippen molar-refractivity contribution in [3.63, 3.8) is 0 Å². The summed E-state index contributed by atoms with van der Waals surface area (Å²) in [5, 5.41) is 9.93. The van der Waals surface area contributed by atoms with Crippen LogP contribution in [0.1, 0.15) is 37.1 Å². The summed E-state index contributed by atoms with van der Waals surface area (Å²) in [5.74, 6) is 0.577. The van der Waals surface area contributed by atoms with Gasteiger partial charge in [0.05, 0.1) is 18.4 Å². The van der Waals surface area contributed by atoms with Crippen LogP contribution in [-0.4, -0.2) is 16.7 Å². The van der Waals surface area contributed by atoms with Gasteiger partial charge in [-0.3, -0.25) is 0 Å². The first kappa shape index (κ1) is 14.5. The number of rotatable bonds is 7. The maximum Gasteiger partial charge on any atom is 0.213 e. The zero-order valence-electron chi connectivity index (χ0n) is 11.8. The molecule has 0 bridgehead atoms. The first-order valence-electron chi connectivity index (χ1n) is 7.11. The molecule has 3 nitrogen and oxygen atoms in total. The van der Waals surface area contributed by atoms with Gasteiger partial charge in [-0.2, -0.15) is 0 Å². The van der Waals surface area contributed by atoms with Gasteiger partial charge in [0, 0.05) is 12.5 Å². The maximum absolute atomic E-state index is 9.93. The molecule has 2 rings (SSSR count). The Kier molecular flexibility index (Phi) is 5.56. The molecule has 106 valence electrons. The number of aliphatic hydroxyl groups is 1. The molecule has 1 heterocycles. The Morgan fingerprint density at radius 3 is 2.65 bits per heavy atom. The van der Waals surface area contributed by atoms with Crippen LogP contribution in [0, 0.1) is 0 Å². The molecule has 0 amide bonds. The van der Waals surface area contributed by atoms with Crippen molar-refractivity contribution in [1.82, 2.24) is 4.98 Å². The summed E-state index contributed by atoms with van der Waals surface area (Å²) in [6, 6.07) is 15.8. The molecule has 0 aliphatic heterocycles. The molecule has 1 aromatic carbocycles. The average Bonchev–Trinajstić information content (AvgIpc) is 2.49. The fourth-order valence-electron chi connectivity index (χ4n) is 2.04. The molecule has 1 N–H and O–H groups in total. The van der Waals surface area contributed by atoms with Gasteiger partial charge in [-0.05, 0) is 18.1 Å². The topological polar surface area (TPSA) is 42.4 Å². The van der Waals surface area contributed by atoms with Crippen LogP contribution in [0.15, 0.2) is 48.5 Å². The van der Waals surface area contributed by atoms with Crippen molar-refractivity contribution in [2.45, 2.75) is 32.3 Å². The molecule has 0 saturated heterocycles. The minimum Gasteiger partial charge on any atom is -0.477 e. The van der Waals surface area contributed by atoms with Crippen LogP contribution in [0.4, 0.5) is 0 Å². The number of ether oxygens (including phenoxy) is 1. The lowest BCUT2D eigenvalue weighted by molar-refractivity contribution is 0.160. The molecular formula is C17H21NO2. The van der Waals surface area contributed by atoms with Gasteiger partial charge < -0.3 is 9.84 Å². The molecule has 1 aromatic heterocycles. The van der Waals surface area contributed by atoms with Crippen molar-refractivity contribution >= 4 is 0 Å². The molecule has 0 fully saturated rings. The van der Waals surface area contributed by atoms with Crippen LogP contribution in [-0.2, 0) is 6.42 Å². The average molecular weight is 271 g/mol. The number of nitrogens with zero attached hydrogens (tertiary/aromatic N) is 1. The number of pyridine rings is 1. The fourth-order valence-corrected chi connectivity index (χ4v) is 2.04. The third-order valence-electron chi connectivity index (χ3n) is 3.13. The maximum atomic E-state index is 9.93. The minimum absolute atomic E-state index is 0.502. The van der Waals surface area contributed by atoms with E-state index in [1.165, 1.54) is 5.56 Å². The Morgan fingerprint density at radius 2 is 1.90 bits per heavy atom. The van der Waals surface area contributed by atoms with E-state index in [-0.39, 0.29) is 0 Å². The van der Waals surface area contributed by atoms with Gasteiger partial charge in [-0.1, -0.05) is 49.7 Å². The Labute approximate surface area is 120 Å². The molecule has 0 aliphatic rings. The zero-order chi connectivity index (χ0) is 14.2. The van der Waals surface area contributed by atoms with Crippen molar-refractivity contribution in [1.29, 1.82) is 0 Å². The lowest BCUT2D eigenvalue weighted by atomic mass is 10.1. The summed E-state index contributed by atoms with van der Waals surface area (Å²) < 4.78 is 5.66. The monoisotopic (exact) mass is 271 g/mol. The lowest BCUT2D eigenvalue weighted by Crippen LogP contribution is -2.05. The number of hydrogen-bond donors (Lipinski definition) is 1. The third kappa shape index (κ3) is 4.35. The van der Waals surface area contributed by atoms with Gasteiger partial charge in [0.1, 0.15) is 0 Å². The Morgan fingerprint density at radius 1 is 1.10 bits per heavy atom. The van der Waals surface area contributed by atoms with E-state index in [4.69, 9.17) is 4.74 Å². The quantitative estimate of drug-likeness (QED) is 0.837. The highest BCUT2D eigenvalue weighted by Gasteiger charge is 2.08. The van der Waals surface area contributed by atoms with Crippen molar-refractivity contribution in [3.05, 3.63) is 59.8 Å². The summed E-state index contributed by atoms with van der Waals surface area (Å²) >= 11 is 0. The fraction of sp³-hybridized carbons (Fsp3) is 0.353. The number of hydrogen-bond acceptors (Lipinski definition) is 3. The van der Waals surface area contributed by atoms with Gasteiger partial charge in [-0.15, -0.1) is 0 Å². The van der Waals surface area contributed by atoms with Crippen LogP contribution in [0.3, 0.4) is 0 Å². The lowest BCUT2D eigenvalue weighted by Gasteiger charge is -2.11. The van der Waals surface area contributed by atoms with Gasteiger partial charge in [0.25, 0.3) is 0 Å². The van der Waals surface area contributed by atoms with Crippen molar-refractivity contribution in [2.75, 3.05) is 6.61 Å². The summed E-state index contributed by atoms with van der Waals surface area (Å²) in [5.41, 5.74) is 1.93. The minimum atomic E-state index is -0.502. The highest BCUT2D eigenvalue weighted by atomic mass is 16.5. The van der Waals surface area contributed by atoms with E-state index in [1.54, 1.807) is 0 Å². The summed E-state index contributed by atoms with van der Waals surface area (Å²) in [6.45, 7) is 2.63. The van der Waals surface area contributed by atoms with E-state index in [0.29, 0.717) is 18.2 Å². The van der Waals surface area contributed by atoms with Gasteiger partial charge in [-0.25, -0.2) is 4.98 Å². The molecule has 0 unspecified atom stereocenters. The van der Waals surface area contributed by atoms with Crippen LogP contribution >= 0.6 is 0 Å². The second-order valence-electron chi connectivity index (χ2n) is 4.79. The molecule has 0 radical (unpaired) electrons. The van der Waals surface area contributed by atoms with Crippen LogP contribution < -0.4 is 4.74 Å². The van der Waals surface area contributed by atoms with Crippen molar-refractivity contribution < 1.29 is 9.84 Å². The summed E-state index contributed by atoms with van der Waals surface area (Å²) in [4.78, 5) is 4.35. The Bertz CT molecular complexity index is 513. The zero-order valence-corrected chi connectivity index (χ0v) is 11.8. The highest BCUT2D eigenvalue weighted by Crippen LogP contribution is 2.18. The largest absolute Gasteiger partial charge is 0.477 e. The predicted molar refractivity (Wildman–Crippen MR) is 79.7 cm³/mol. The van der Waals surface area contributed by atoms with Gasteiger partial charge >= 0.3 is 0 Å². The first-order chi connectivity index (χ1) is 9.79. The van der Waals surface area contributed by atoms with Crippen LogP contribution in [0.25, 0.3) is 0 Å². The number of aromatic nitrogens is 1. The van der Waals surface area contributed by atoms with E-state index >= 15 is 0 Å². The summed E-state index contributed by atoms with van der Waals surface area (Å²) in [6.07, 6.45) is 2.00. The molecule has 0 spiro atoms. The van der Waals surface area contributed by atoms with Crippen LogP contribution in [0.2, 0.25) is 0 Å². The molecule has 2 aromatic rings. The van der Waals surface area contributed by atoms with E-state index in [2.05, 4.69) is 17.1 Å². The van der Waals surface area contributed by atoms with E-state index in [0.717, 1.165) is 19.3 Å². The van der Waals surface area contributed by atoms with E-state index < -0.39 is 6.10 Å². The van der Waals surface area contributed by atoms with Crippen molar-refractivity contribution in [3.8, 4) is 5.88 Å². The Balaban J connectivity index is 1.88. The summed E-state index contributed by atoms with van der Waals surface area (Å²) in [7, 11) is 0. The van der Waals surface area contributed by atoms with E-state index in [1.807, 2.05) is 43.3 Å². The van der Waals surface area contributed by atoms with Crippen LogP contribution in [0.5, 0.6) is 5.88 Å². The number of aliphatic hydroxyl groups excluding tert-OH is 1. The standard InChI is InChI=1S/C17H21NO2/c1-2-7-16(19)15-10-6-11-17(18-15)20-13-12-14-8-4-3-5-9-14/h3-6,8-11,16,19H,2,7,12-13H2,1H3/t16-/m1/s1. The second-order valence-corrected chi connectivity index (χ2v) is 4.79. The molecular weight excluding hydrogens is 250 g/mol. The Hall–Kier alpha value is -1.87. The van der Waals surface area contributed by atoms with E-state index in [9.17, 15) is 5.11 Å². The first-order valence-corrected chi connectivity index (χ1v) is 7.11. The SMILES string of the molecule is CCC[C@@H](O)c1cccc(OCCc2ccccc2)n1. The normalized spacial score (nSPS) is 12.1. The molecule has 3 heteroatoms.